The summed E-state index contributed by atoms with van der Waals surface area (Å²) in [6.07, 6.45) is 2.38. The molecular formula is C16H28BrIN4S. The predicted octanol–water partition coefficient (Wildman–Crippen LogP) is 4.06. The van der Waals surface area contributed by atoms with Crippen LogP contribution in [0.25, 0.3) is 0 Å². The molecule has 2 heterocycles. The first-order valence-corrected chi connectivity index (χ1v) is 9.77. The number of hydrogen-bond donors (Lipinski definition) is 2. The van der Waals surface area contributed by atoms with Crippen molar-refractivity contribution in [1.82, 2.24) is 15.5 Å². The van der Waals surface area contributed by atoms with Crippen molar-refractivity contribution < 1.29 is 0 Å². The highest BCUT2D eigenvalue weighted by Gasteiger charge is 2.21. The van der Waals surface area contributed by atoms with E-state index < -0.39 is 0 Å². The molecule has 0 radical (unpaired) electrons. The molecule has 0 amide bonds. The molecule has 1 aromatic heterocycles. The van der Waals surface area contributed by atoms with E-state index in [1.165, 1.54) is 30.8 Å². The minimum absolute atomic E-state index is 0. The first-order valence-electron chi connectivity index (χ1n) is 8.10. The number of guanidine groups is 1. The Labute approximate surface area is 169 Å². The van der Waals surface area contributed by atoms with Gasteiger partial charge in [0.2, 0.25) is 0 Å². The Balaban J connectivity index is 0.00000264. The van der Waals surface area contributed by atoms with Gasteiger partial charge in [0.1, 0.15) is 0 Å². The molecule has 0 atom stereocenters. The number of piperidine rings is 1. The second-order valence-electron chi connectivity index (χ2n) is 5.97. The van der Waals surface area contributed by atoms with Gasteiger partial charge >= 0.3 is 0 Å². The summed E-state index contributed by atoms with van der Waals surface area (Å²) >= 11 is 5.24. The van der Waals surface area contributed by atoms with E-state index in [2.05, 4.69) is 63.7 Å². The summed E-state index contributed by atoms with van der Waals surface area (Å²) in [6, 6.07) is 3.32. The predicted molar refractivity (Wildman–Crippen MR) is 115 cm³/mol. The quantitative estimate of drug-likeness (QED) is 0.353. The third-order valence-corrected chi connectivity index (χ3v) is 5.64. The van der Waals surface area contributed by atoms with Crippen LogP contribution in [0, 0.1) is 0 Å². The van der Waals surface area contributed by atoms with E-state index in [0.717, 1.165) is 23.5 Å². The molecule has 0 spiro atoms. The van der Waals surface area contributed by atoms with E-state index in [-0.39, 0.29) is 24.0 Å². The van der Waals surface area contributed by atoms with Gasteiger partial charge in [0.05, 0.1) is 6.54 Å². The second kappa shape index (κ2) is 10.9. The molecule has 0 aromatic carbocycles. The largest absolute Gasteiger partial charge is 0.357 e. The van der Waals surface area contributed by atoms with Crippen molar-refractivity contribution in [1.29, 1.82) is 0 Å². The van der Waals surface area contributed by atoms with Gasteiger partial charge in [0, 0.05) is 46.4 Å². The molecular weight excluding hydrogens is 487 g/mol. The van der Waals surface area contributed by atoms with Crippen molar-refractivity contribution >= 4 is 57.2 Å². The molecule has 0 saturated carbocycles. The van der Waals surface area contributed by atoms with Gasteiger partial charge in [-0.15, -0.1) is 35.3 Å². The summed E-state index contributed by atoms with van der Waals surface area (Å²) in [7, 11) is 0. The molecule has 0 unspecified atom stereocenters. The van der Waals surface area contributed by atoms with Crippen LogP contribution in [0.2, 0.25) is 0 Å². The SMILES string of the molecule is CCNC(=NCc1cc(Br)cs1)NC1CCN(C(C)C)CC1.I. The lowest BCUT2D eigenvalue weighted by Crippen LogP contribution is -2.49. The van der Waals surface area contributed by atoms with Crippen molar-refractivity contribution in [2.75, 3.05) is 19.6 Å². The van der Waals surface area contributed by atoms with Gasteiger partial charge in [-0.1, -0.05) is 0 Å². The fourth-order valence-corrected chi connectivity index (χ4v) is 4.04. The maximum absolute atomic E-state index is 4.72. The molecule has 2 N–H and O–H groups in total. The summed E-state index contributed by atoms with van der Waals surface area (Å²) in [5, 5.41) is 9.06. The highest BCUT2D eigenvalue weighted by molar-refractivity contribution is 14.0. The summed E-state index contributed by atoms with van der Waals surface area (Å²) in [4.78, 5) is 8.54. The Kier molecular flexibility index (Phi) is 10.0. The van der Waals surface area contributed by atoms with Crippen LogP contribution in [0.4, 0.5) is 0 Å². The minimum atomic E-state index is 0. The number of aliphatic imine (C=N–C) groups is 1. The van der Waals surface area contributed by atoms with Gasteiger partial charge in [-0.2, -0.15) is 0 Å². The van der Waals surface area contributed by atoms with E-state index in [0.29, 0.717) is 12.1 Å². The van der Waals surface area contributed by atoms with Crippen molar-refractivity contribution in [3.05, 3.63) is 20.8 Å². The zero-order valence-corrected chi connectivity index (χ0v) is 18.9. The van der Waals surface area contributed by atoms with Crippen LogP contribution in [-0.2, 0) is 6.54 Å². The molecule has 0 bridgehead atoms. The summed E-state index contributed by atoms with van der Waals surface area (Å²) in [5.74, 6) is 0.940. The monoisotopic (exact) mass is 514 g/mol. The average molecular weight is 515 g/mol. The van der Waals surface area contributed by atoms with Crippen molar-refractivity contribution in [3.8, 4) is 0 Å². The van der Waals surface area contributed by atoms with Crippen LogP contribution in [0.15, 0.2) is 20.9 Å². The van der Waals surface area contributed by atoms with E-state index in [9.17, 15) is 0 Å². The average Bonchev–Trinajstić information content (AvgIpc) is 2.91. The normalized spacial score (nSPS) is 17.2. The zero-order chi connectivity index (χ0) is 15.9. The van der Waals surface area contributed by atoms with Crippen LogP contribution in [0.3, 0.4) is 0 Å². The fraction of sp³-hybridized carbons (Fsp3) is 0.688. The number of halogens is 2. The number of thiophene rings is 1. The number of nitrogens with one attached hydrogen (secondary N) is 2. The Morgan fingerprint density at radius 1 is 1.43 bits per heavy atom. The standard InChI is InChI=1S/C16H27BrN4S.HI/c1-4-18-16(19-10-15-9-13(17)11-22-15)20-14-5-7-21(8-6-14)12(2)3;/h9,11-12,14H,4-8,10H2,1-3H3,(H2,18,19,20);1H. The Morgan fingerprint density at radius 2 is 2.13 bits per heavy atom. The lowest BCUT2D eigenvalue weighted by molar-refractivity contribution is 0.167. The highest BCUT2D eigenvalue weighted by atomic mass is 127. The Hall–Kier alpha value is 0.140. The first-order chi connectivity index (χ1) is 10.6. The van der Waals surface area contributed by atoms with Crippen LogP contribution < -0.4 is 10.6 Å². The minimum Gasteiger partial charge on any atom is -0.357 e. The molecule has 7 heteroatoms. The molecule has 1 aliphatic heterocycles. The summed E-state index contributed by atoms with van der Waals surface area (Å²) < 4.78 is 1.14. The summed E-state index contributed by atoms with van der Waals surface area (Å²) in [6.45, 7) is 10.6. The molecule has 1 aliphatic rings. The maximum atomic E-state index is 4.72. The molecule has 1 fully saturated rings. The third-order valence-electron chi connectivity index (χ3n) is 3.96. The number of hydrogen-bond acceptors (Lipinski definition) is 3. The third kappa shape index (κ3) is 7.27. The van der Waals surface area contributed by atoms with Crippen molar-refractivity contribution in [3.63, 3.8) is 0 Å². The molecule has 1 saturated heterocycles. The second-order valence-corrected chi connectivity index (χ2v) is 7.89. The van der Waals surface area contributed by atoms with Crippen LogP contribution in [0.1, 0.15) is 38.5 Å². The lowest BCUT2D eigenvalue weighted by atomic mass is 10.0. The van der Waals surface area contributed by atoms with E-state index in [1.807, 2.05) is 0 Å². The summed E-state index contributed by atoms with van der Waals surface area (Å²) in [5.41, 5.74) is 0. The van der Waals surface area contributed by atoms with Gasteiger partial charge < -0.3 is 15.5 Å². The zero-order valence-electron chi connectivity index (χ0n) is 14.1. The van der Waals surface area contributed by atoms with Gasteiger partial charge in [-0.25, -0.2) is 4.99 Å². The topological polar surface area (TPSA) is 39.7 Å². The molecule has 23 heavy (non-hydrogen) atoms. The number of rotatable bonds is 5. The molecule has 0 aliphatic carbocycles. The van der Waals surface area contributed by atoms with E-state index in [4.69, 9.17) is 4.99 Å². The van der Waals surface area contributed by atoms with Crippen molar-refractivity contribution in [2.24, 2.45) is 4.99 Å². The van der Waals surface area contributed by atoms with Crippen molar-refractivity contribution in [2.45, 2.75) is 52.2 Å². The Bertz CT molecular complexity index is 484. The number of nitrogens with zero attached hydrogens (tertiary/aromatic N) is 2. The maximum Gasteiger partial charge on any atom is 0.191 e. The number of likely N-dealkylation sites (tertiary alicyclic amines) is 1. The van der Waals surface area contributed by atoms with Gasteiger partial charge in [0.15, 0.2) is 5.96 Å². The molecule has 4 nitrogen and oxygen atoms in total. The van der Waals surface area contributed by atoms with Crippen LogP contribution >= 0.6 is 51.2 Å². The van der Waals surface area contributed by atoms with Gasteiger partial charge in [-0.05, 0) is 55.6 Å². The smallest absolute Gasteiger partial charge is 0.191 e. The van der Waals surface area contributed by atoms with Gasteiger partial charge in [-0.3, -0.25) is 0 Å². The van der Waals surface area contributed by atoms with Crippen LogP contribution in [-0.4, -0.2) is 42.6 Å². The fourth-order valence-electron chi connectivity index (χ4n) is 2.67. The highest BCUT2D eigenvalue weighted by Crippen LogP contribution is 2.20. The van der Waals surface area contributed by atoms with Gasteiger partial charge in [0.25, 0.3) is 0 Å². The van der Waals surface area contributed by atoms with Crippen LogP contribution in [0.5, 0.6) is 0 Å². The first kappa shape index (κ1) is 21.2. The molecule has 132 valence electrons. The van der Waals surface area contributed by atoms with E-state index in [1.54, 1.807) is 11.3 Å². The Morgan fingerprint density at radius 3 is 2.65 bits per heavy atom. The lowest BCUT2D eigenvalue weighted by Gasteiger charge is -2.35. The molecule has 2 rings (SSSR count). The van der Waals surface area contributed by atoms with E-state index >= 15 is 0 Å². The molecule has 1 aromatic rings.